The van der Waals surface area contributed by atoms with E-state index in [0.29, 0.717) is 18.5 Å². The molecule has 2 aliphatic heterocycles. The van der Waals surface area contributed by atoms with Crippen LogP contribution in [0, 0.1) is 0 Å². The number of imide groups is 1. The Kier molecular flexibility index (Phi) is 5.96. The lowest BCUT2D eigenvalue weighted by Crippen LogP contribution is -2.52. The molecule has 0 spiro atoms. The fraction of sp³-hybridized carbons (Fsp3) is 0.400. The second kappa shape index (κ2) is 7.26. The van der Waals surface area contributed by atoms with Crippen LogP contribution in [0.25, 0.3) is 0 Å². The molecule has 1 fully saturated rings. The van der Waals surface area contributed by atoms with Gasteiger partial charge in [0.1, 0.15) is 6.04 Å². The Bertz CT molecular complexity index is 560. The Morgan fingerprint density at radius 2 is 1.86 bits per heavy atom. The predicted molar refractivity (Wildman–Crippen MR) is 84.1 cm³/mol. The molecule has 21 heavy (non-hydrogen) atoms. The summed E-state index contributed by atoms with van der Waals surface area (Å²) >= 11 is 3.53. The lowest BCUT2D eigenvalue weighted by molar-refractivity contribution is -0.136. The number of nitrogens with zero attached hydrogens (tertiary/aromatic N) is 1. The molecule has 6 heteroatoms. The Hall–Kier alpha value is -1.82. The summed E-state index contributed by atoms with van der Waals surface area (Å²) in [7, 11) is 0. The minimum atomic E-state index is -0.525. The van der Waals surface area contributed by atoms with Gasteiger partial charge >= 0.3 is 0 Å². The maximum atomic E-state index is 12.2. The van der Waals surface area contributed by atoms with Crippen LogP contribution in [0.15, 0.2) is 24.3 Å². The van der Waals surface area contributed by atoms with Crippen molar-refractivity contribution >= 4 is 30.4 Å². The van der Waals surface area contributed by atoms with E-state index in [4.69, 9.17) is 0 Å². The quantitative estimate of drug-likeness (QED) is 0.612. The molecule has 0 aliphatic carbocycles. The summed E-state index contributed by atoms with van der Waals surface area (Å²) < 4.78 is 0. The molecule has 1 aromatic carbocycles. The number of piperidine rings is 1. The van der Waals surface area contributed by atoms with Crippen LogP contribution in [0.3, 0.4) is 0 Å². The molecule has 1 N–H and O–H groups in total. The zero-order chi connectivity index (χ0) is 14.7. The molecule has 3 amide bonds. The second-order valence-corrected chi connectivity index (χ2v) is 4.56. The molecule has 3 rings (SSSR count). The number of carbonyl (C=O) groups is 3. The highest BCUT2D eigenvalue weighted by atomic mass is 32.1. The van der Waals surface area contributed by atoms with Gasteiger partial charge in [0.25, 0.3) is 5.91 Å². The van der Waals surface area contributed by atoms with Crippen molar-refractivity contribution in [3.05, 3.63) is 35.4 Å². The Balaban J connectivity index is 0.000000706. The molecular formula is C15H20N2O3S. The van der Waals surface area contributed by atoms with Gasteiger partial charge in [-0.1, -0.05) is 25.6 Å². The minimum absolute atomic E-state index is 0. The number of rotatable bonds is 1. The van der Waals surface area contributed by atoms with Crippen molar-refractivity contribution in [3.8, 4) is 0 Å². The van der Waals surface area contributed by atoms with Gasteiger partial charge in [0.2, 0.25) is 11.8 Å². The van der Waals surface area contributed by atoms with Gasteiger partial charge in [0.15, 0.2) is 0 Å². The molecule has 5 nitrogen and oxygen atoms in total. The van der Waals surface area contributed by atoms with Crippen LogP contribution in [0.2, 0.25) is 0 Å². The molecule has 1 unspecified atom stereocenters. The molecule has 2 aliphatic rings. The summed E-state index contributed by atoms with van der Waals surface area (Å²) in [5.74, 6) is -0.757. The van der Waals surface area contributed by atoms with E-state index in [9.17, 15) is 14.4 Å². The van der Waals surface area contributed by atoms with Gasteiger partial charge in [-0.25, -0.2) is 0 Å². The number of hydrogen-bond acceptors (Lipinski definition) is 4. The van der Waals surface area contributed by atoms with Crippen molar-refractivity contribution in [1.82, 2.24) is 10.2 Å². The molecule has 1 atom stereocenters. The summed E-state index contributed by atoms with van der Waals surface area (Å²) in [4.78, 5) is 36.6. The highest BCUT2D eigenvalue weighted by Crippen LogP contribution is 2.26. The van der Waals surface area contributed by atoms with Gasteiger partial charge in [0.05, 0.1) is 0 Å². The molecule has 0 radical (unpaired) electrons. The average molecular weight is 308 g/mol. The SMILES string of the molecule is C.CS.O=C1CCC(N2Cc3ccccc3C2=O)C(=O)N1. The monoisotopic (exact) mass is 308 g/mol. The standard InChI is InChI=1S/C13H12N2O3.CH4S.CH4/c16-11-6-5-10(12(17)14-11)15-7-8-3-1-2-4-9(8)13(15)18;1-2;/h1-4,10H,5-7H2,(H,14,16,17);2H,1H3;1H4. The molecule has 1 saturated heterocycles. The molecule has 114 valence electrons. The van der Waals surface area contributed by atoms with Crippen LogP contribution < -0.4 is 5.32 Å². The van der Waals surface area contributed by atoms with Crippen LogP contribution in [-0.2, 0) is 16.1 Å². The Labute approximate surface area is 130 Å². The number of hydrogen-bond donors (Lipinski definition) is 2. The predicted octanol–water partition coefficient (Wildman–Crippen LogP) is 1.63. The van der Waals surface area contributed by atoms with Crippen molar-refractivity contribution in [2.24, 2.45) is 0 Å². The first-order valence-electron chi connectivity index (χ1n) is 6.34. The van der Waals surface area contributed by atoms with Crippen LogP contribution >= 0.6 is 12.6 Å². The fourth-order valence-electron chi connectivity index (χ4n) is 2.51. The maximum absolute atomic E-state index is 12.2. The van der Waals surface area contributed by atoms with Crippen LogP contribution in [0.4, 0.5) is 0 Å². The molecule has 0 saturated carbocycles. The summed E-state index contributed by atoms with van der Waals surface area (Å²) in [5, 5.41) is 2.28. The van der Waals surface area contributed by atoms with Crippen molar-refractivity contribution in [1.29, 1.82) is 0 Å². The average Bonchev–Trinajstić information content (AvgIpc) is 2.79. The topological polar surface area (TPSA) is 66.5 Å². The van der Waals surface area contributed by atoms with Crippen LogP contribution in [-0.4, -0.2) is 34.9 Å². The van der Waals surface area contributed by atoms with Crippen molar-refractivity contribution in [2.45, 2.75) is 32.9 Å². The first-order valence-corrected chi connectivity index (χ1v) is 7.23. The number of fused-ring (bicyclic) bond motifs is 1. The third-order valence-corrected chi connectivity index (χ3v) is 3.44. The summed E-state index contributed by atoms with van der Waals surface area (Å²) in [5.41, 5.74) is 1.59. The number of amides is 3. The minimum Gasteiger partial charge on any atom is -0.322 e. The first kappa shape index (κ1) is 17.2. The molecule has 0 aromatic heterocycles. The maximum Gasteiger partial charge on any atom is 0.255 e. The van der Waals surface area contributed by atoms with Gasteiger partial charge < -0.3 is 4.90 Å². The summed E-state index contributed by atoms with van der Waals surface area (Å²) in [6, 6.07) is 6.82. The third-order valence-electron chi connectivity index (χ3n) is 3.44. The smallest absolute Gasteiger partial charge is 0.255 e. The Morgan fingerprint density at radius 3 is 2.48 bits per heavy atom. The summed E-state index contributed by atoms with van der Waals surface area (Å²) in [6.45, 7) is 0.446. The first-order chi connectivity index (χ1) is 9.66. The van der Waals surface area contributed by atoms with Crippen LogP contribution in [0.5, 0.6) is 0 Å². The number of thiol groups is 1. The van der Waals surface area contributed by atoms with E-state index in [2.05, 4.69) is 17.9 Å². The van der Waals surface area contributed by atoms with Gasteiger partial charge in [-0.2, -0.15) is 12.6 Å². The molecular weight excluding hydrogens is 288 g/mol. The normalized spacial score (nSPS) is 20.0. The lowest BCUT2D eigenvalue weighted by Gasteiger charge is -2.29. The van der Waals surface area contributed by atoms with E-state index in [1.807, 2.05) is 18.2 Å². The van der Waals surface area contributed by atoms with E-state index >= 15 is 0 Å². The fourth-order valence-corrected chi connectivity index (χ4v) is 2.51. The van der Waals surface area contributed by atoms with Crippen molar-refractivity contribution in [3.63, 3.8) is 0 Å². The molecule has 1 aromatic rings. The Morgan fingerprint density at radius 1 is 1.19 bits per heavy atom. The third kappa shape index (κ3) is 3.26. The zero-order valence-electron chi connectivity index (χ0n) is 11.1. The second-order valence-electron chi connectivity index (χ2n) is 4.56. The van der Waals surface area contributed by atoms with Gasteiger partial charge in [-0.05, 0) is 24.3 Å². The van der Waals surface area contributed by atoms with E-state index in [1.165, 1.54) is 0 Å². The number of carbonyl (C=O) groups excluding carboxylic acids is 3. The van der Waals surface area contributed by atoms with Gasteiger partial charge in [0, 0.05) is 18.5 Å². The highest BCUT2D eigenvalue weighted by molar-refractivity contribution is 7.79. The largest absolute Gasteiger partial charge is 0.322 e. The highest BCUT2D eigenvalue weighted by Gasteiger charge is 2.38. The van der Waals surface area contributed by atoms with E-state index in [-0.39, 0.29) is 31.6 Å². The van der Waals surface area contributed by atoms with Gasteiger partial charge in [-0.3, -0.25) is 19.7 Å². The van der Waals surface area contributed by atoms with E-state index in [0.717, 1.165) is 5.56 Å². The van der Waals surface area contributed by atoms with Gasteiger partial charge in [-0.15, -0.1) is 0 Å². The van der Waals surface area contributed by atoms with E-state index in [1.54, 1.807) is 17.2 Å². The lowest BCUT2D eigenvalue weighted by atomic mass is 10.0. The number of nitrogens with one attached hydrogen (secondary N) is 1. The van der Waals surface area contributed by atoms with Crippen molar-refractivity contribution in [2.75, 3.05) is 6.26 Å². The molecule has 2 heterocycles. The van der Waals surface area contributed by atoms with Crippen LogP contribution in [0.1, 0.15) is 36.2 Å². The van der Waals surface area contributed by atoms with E-state index < -0.39 is 6.04 Å². The number of benzene rings is 1. The summed E-state index contributed by atoms with van der Waals surface area (Å²) in [6.07, 6.45) is 2.39. The molecule has 0 bridgehead atoms. The zero-order valence-corrected chi connectivity index (χ0v) is 12.0. The van der Waals surface area contributed by atoms with Crippen molar-refractivity contribution < 1.29 is 14.4 Å².